The van der Waals surface area contributed by atoms with Crippen molar-refractivity contribution in [2.75, 3.05) is 0 Å². The number of hydrogen-bond donors (Lipinski definition) is 1. The van der Waals surface area contributed by atoms with Gasteiger partial charge in [-0.1, -0.05) is 13.8 Å². The van der Waals surface area contributed by atoms with Gasteiger partial charge in [-0.05, 0) is 59.7 Å². The Labute approximate surface area is 124 Å². The van der Waals surface area contributed by atoms with Gasteiger partial charge in [0.25, 0.3) is 5.60 Å². The average Bonchev–Trinajstić information content (AvgIpc) is 2.69. The predicted molar refractivity (Wildman–Crippen MR) is 64.6 cm³/mol. The van der Waals surface area contributed by atoms with Gasteiger partial charge >= 0.3 is 12.4 Å². The molecule has 0 aromatic rings. The van der Waals surface area contributed by atoms with Gasteiger partial charge in [-0.3, -0.25) is 0 Å². The molecule has 0 amide bonds. The van der Waals surface area contributed by atoms with Gasteiger partial charge in [-0.2, -0.15) is 26.3 Å². The van der Waals surface area contributed by atoms with Gasteiger partial charge in [0.2, 0.25) is 0 Å². The molecule has 7 heteroatoms. The van der Waals surface area contributed by atoms with Crippen LogP contribution in [-0.4, -0.2) is 23.1 Å². The quantitative estimate of drug-likeness (QED) is 0.749. The summed E-state index contributed by atoms with van der Waals surface area (Å²) in [5.41, 5.74) is -5.08. The maximum Gasteiger partial charge on any atom is 0.426 e. The molecule has 0 radical (unpaired) electrons. The van der Waals surface area contributed by atoms with Crippen molar-refractivity contribution in [3.8, 4) is 0 Å². The minimum absolute atomic E-state index is 0.0476. The van der Waals surface area contributed by atoms with Crippen LogP contribution in [0.4, 0.5) is 26.3 Å². The highest BCUT2D eigenvalue weighted by molar-refractivity contribution is 5.43. The van der Waals surface area contributed by atoms with Gasteiger partial charge < -0.3 is 5.11 Å². The Morgan fingerprint density at radius 1 is 0.909 bits per heavy atom. The summed E-state index contributed by atoms with van der Waals surface area (Å²) < 4.78 is 77.7. The average molecular weight is 328 g/mol. The van der Waals surface area contributed by atoms with Crippen LogP contribution < -0.4 is 0 Å². The molecule has 3 aliphatic carbocycles. The molecule has 3 rings (SSSR count). The third-order valence-electron chi connectivity index (χ3n) is 8.17. The maximum absolute atomic E-state index is 12.9. The summed E-state index contributed by atoms with van der Waals surface area (Å²) in [6.45, 7) is 4.04. The Morgan fingerprint density at radius 3 is 1.82 bits per heavy atom. The fourth-order valence-corrected chi connectivity index (χ4v) is 7.27. The molecule has 0 aliphatic heterocycles. The number of rotatable bonds is 2. The molecular formula is C15H18F6O. The second-order valence-electron chi connectivity index (χ2n) is 8.20. The van der Waals surface area contributed by atoms with E-state index in [-0.39, 0.29) is 16.7 Å². The number of fused-ring (bicyclic) bond motifs is 1. The van der Waals surface area contributed by atoms with Crippen LogP contribution >= 0.6 is 0 Å². The summed E-state index contributed by atoms with van der Waals surface area (Å²) >= 11 is 0. The van der Waals surface area contributed by atoms with Crippen LogP contribution in [0.3, 0.4) is 0 Å². The molecule has 1 nitrogen and oxygen atoms in total. The van der Waals surface area contributed by atoms with E-state index in [1.54, 1.807) is 0 Å². The lowest BCUT2D eigenvalue weighted by Crippen LogP contribution is -2.59. The molecule has 3 fully saturated rings. The monoisotopic (exact) mass is 328 g/mol. The van der Waals surface area contributed by atoms with Crippen molar-refractivity contribution in [1.82, 2.24) is 0 Å². The van der Waals surface area contributed by atoms with E-state index in [0.717, 1.165) is 12.8 Å². The molecule has 22 heavy (non-hydrogen) atoms. The minimum Gasteiger partial charge on any atom is -0.374 e. The number of hydrogen-bond acceptors (Lipinski definition) is 1. The van der Waals surface area contributed by atoms with Crippen LogP contribution in [0.15, 0.2) is 0 Å². The van der Waals surface area contributed by atoms with E-state index in [4.69, 9.17) is 0 Å². The third-order valence-corrected chi connectivity index (χ3v) is 8.17. The SMILES string of the molecule is CC1C23CC(CC(O)(C(F)(F)F)C(F)(F)F)C4(C2)C(C)C14C3. The summed E-state index contributed by atoms with van der Waals surface area (Å²) in [5.74, 6) is -0.105. The van der Waals surface area contributed by atoms with Crippen LogP contribution in [0.25, 0.3) is 0 Å². The van der Waals surface area contributed by atoms with E-state index in [1.807, 2.05) is 6.92 Å². The minimum atomic E-state index is -5.69. The molecule has 6 unspecified atom stereocenters. The highest BCUT2D eigenvalue weighted by atomic mass is 19.4. The predicted octanol–water partition coefficient (Wildman–Crippen LogP) is 4.30. The van der Waals surface area contributed by atoms with Crippen molar-refractivity contribution in [3.63, 3.8) is 0 Å². The second-order valence-corrected chi connectivity index (χ2v) is 8.20. The lowest BCUT2D eigenvalue weighted by Gasteiger charge is -2.54. The Morgan fingerprint density at radius 2 is 1.41 bits per heavy atom. The first-order valence-corrected chi connectivity index (χ1v) is 7.64. The van der Waals surface area contributed by atoms with Crippen molar-refractivity contribution in [2.24, 2.45) is 34.0 Å². The number of alkyl halides is 6. The molecule has 0 aromatic carbocycles. The van der Waals surface area contributed by atoms with Crippen molar-refractivity contribution in [3.05, 3.63) is 0 Å². The summed E-state index contributed by atoms with van der Waals surface area (Å²) in [6, 6.07) is 0. The molecule has 1 N–H and O–H groups in total. The Kier molecular flexibility index (Phi) is 2.28. The van der Waals surface area contributed by atoms with Gasteiger partial charge in [0.05, 0.1) is 0 Å². The van der Waals surface area contributed by atoms with Gasteiger partial charge in [-0.15, -0.1) is 0 Å². The summed E-state index contributed by atoms with van der Waals surface area (Å²) in [4.78, 5) is 0. The van der Waals surface area contributed by atoms with Crippen molar-refractivity contribution >= 4 is 0 Å². The van der Waals surface area contributed by atoms with E-state index in [0.29, 0.717) is 12.3 Å². The zero-order valence-electron chi connectivity index (χ0n) is 12.3. The molecule has 3 spiro atoms. The van der Waals surface area contributed by atoms with Gasteiger partial charge in [0, 0.05) is 0 Å². The molecule has 3 aliphatic rings. The number of aliphatic hydroxyl groups is 1. The summed E-state index contributed by atoms with van der Waals surface area (Å²) in [7, 11) is 0. The second kappa shape index (κ2) is 3.33. The number of halogens is 6. The van der Waals surface area contributed by atoms with Gasteiger partial charge in [-0.25, -0.2) is 0 Å². The Hall–Kier alpha value is -0.460. The molecule has 0 saturated heterocycles. The lowest BCUT2D eigenvalue weighted by atomic mass is 9.50. The summed E-state index contributed by atoms with van der Waals surface area (Å²) in [6.07, 6.45) is -10.5. The summed E-state index contributed by atoms with van der Waals surface area (Å²) in [5, 5.41) is 9.50. The lowest BCUT2D eigenvalue weighted by molar-refractivity contribution is -0.374. The third kappa shape index (κ3) is 1.15. The zero-order valence-corrected chi connectivity index (χ0v) is 12.3. The first kappa shape index (κ1) is 15.1. The topological polar surface area (TPSA) is 20.2 Å². The van der Waals surface area contributed by atoms with Crippen LogP contribution in [-0.2, 0) is 0 Å². The van der Waals surface area contributed by atoms with Crippen LogP contribution in [0, 0.1) is 34.0 Å². The largest absolute Gasteiger partial charge is 0.426 e. The van der Waals surface area contributed by atoms with Crippen molar-refractivity contribution < 1.29 is 31.4 Å². The molecule has 0 heterocycles. The highest BCUT2D eigenvalue weighted by Gasteiger charge is 2.96. The molecule has 6 atom stereocenters. The van der Waals surface area contributed by atoms with E-state index < -0.39 is 35.7 Å². The van der Waals surface area contributed by atoms with Crippen molar-refractivity contribution in [1.29, 1.82) is 0 Å². The van der Waals surface area contributed by atoms with Gasteiger partial charge in [0.1, 0.15) is 0 Å². The molecule has 126 valence electrons. The normalized spacial score (nSPS) is 52.5. The molecule has 0 aromatic heterocycles. The highest BCUT2D eigenvalue weighted by Crippen LogP contribution is 3.02. The van der Waals surface area contributed by atoms with E-state index >= 15 is 0 Å². The first-order chi connectivity index (χ1) is 9.79. The molecule has 0 bridgehead atoms. The zero-order chi connectivity index (χ0) is 16.6. The van der Waals surface area contributed by atoms with Crippen molar-refractivity contribution in [2.45, 2.75) is 57.5 Å². The van der Waals surface area contributed by atoms with E-state index in [2.05, 4.69) is 6.92 Å². The van der Waals surface area contributed by atoms with Crippen LogP contribution in [0.2, 0.25) is 0 Å². The fraction of sp³-hybridized carbons (Fsp3) is 1.00. The Balaban J connectivity index is 1.67. The molecule has 3 saturated carbocycles. The standard InChI is InChI=1S/C15H18F6O/c1-7-10-3-9(12(6-10)8(2)11(7,12)5-10)4-13(22,14(16,17)18)15(19,20)21/h7-9,22H,3-6H2,1-2H3. The van der Waals surface area contributed by atoms with E-state index in [1.165, 1.54) is 0 Å². The van der Waals surface area contributed by atoms with Crippen LogP contribution in [0.1, 0.15) is 39.5 Å². The van der Waals surface area contributed by atoms with E-state index in [9.17, 15) is 31.4 Å². The fourth-order valence-electron chi connectivity index (χ4n) is 7.27. The Bertz CT molecular complexity index is 539. The first-order valence-electron chi connectivity index (χ1n) is 7.64. The van der Waals surface area contributed by atoms with Crippen LogP contribution in [0.5, 0.6) is 0 Å². The van der Waals surface area contributed by atoms with Gasteiger partial charge in [0.15, 0.2) is 0 Å². The smallest absolute Gasteiger partial charge is 0.374 e. The molecular weight excluding hydrogens is 310 g/mol. The maximum atomic E-state index is 12.9.